The number of aromatic nitrogens is 1. The minimum absolute atomic E-state index is 0.142. The van der Waals surface area contributed by atoms with Crippen molar-refractivity contribution in [3.05, 3.63) is 63.6 Å². The Labute approximate surface area is 183 Å². The number of hydrogen-bond donors (Lipinski definition) is 1. The van der Waals surface area contributed by atoms with Gasteiger partial charge in [0.2, 0.25) is 0 Å². The summed E-state index contributed by atoms with van der Waals surface area (Å²) >= 11 is 6.16. The second kappa shape index (κ2) is 9.19. The van der Waals surface area contributed by atoms with Crippen molar-refractivity contribution in [3.8, 4) is 16.9 Å². The van der Waals surface area contributed by atoms with Crippen LogP contribution >= 0.6 is 11.6 Å². The van der Waals surface area contributed by atoms with Gasteiger partial charge in [-0.15, -0.1) is 6.58 Å². The first-order valence-electron chi connectivity index (χ1n) is 9.80. The number of pyridine rings is 1. The fourth-order valence-electron chi connectivity index (χ4n) is 3.50. The SMILES string of the molecule is C=C(C)CC(C(O)C(C)(C)C)n1cc(OC)c(-c2cc(Cl)ccc2C(C)=O)cc1=O. The molecule has 0 aliphatic heterocycles. The lowest BCUT2D eigenvalue weighted by Gasteiger charge is -2.34. The van der Waals surface area contributed by atoms with E-state index in [4.69, 9.17) is 16.3 Å². The van der Waals surface area contributed by atoms with Gasteiger partial charge in [0, 0.05) is 22.2 Å². The van der Waals surface area contributed by atoms with Crippen molar-refractivity contribution in [1.82, 2.24) is 4.57 Å². The summed E-state index contributed by atoms with van der Waals surface area (Å²) < 4.78 is 7.06. The lowest BCUT2D eigenvalue weighted by molar-refractivity contribution is 0.0154. The molecule has 0 saturated carbocycles. The van der Waals surface area contributed by atoms with E-state index in [0.717, 1.165) is 5.57 Å². The normalized spacial score (nSPS) is 13.6. The molecule has 0 aliphatic carbocycles. The molecule has 0 amide bonds. The predicted octanol–water partition coefficient (Wildman–Crippen LogP) is 5.29. The van der Waals surface area contributed by atoms with Crippen LogP contribution in [0.5, 0.6) is 5.75 Å². The third kappa shape index (κ3) is 5.21. The zero-order chi connectivity index (χ0) is 22.8. The molecule has 2 atom stereocenters. The lowest BCUT2D eigenvalue weighted by Crippen LogP contribution is -2.39. The fraction of sp³-hybridized carbons (Fsp3) is 0.417. The maximum atomic E-state index is 13.2. The number of carbonyl (C=O) groups is 1. The van der Waals surface area contributed by atoms with Crippen LogP contribution in [0.4, 0.5) is 0 Å². The first kappa shape index (κ1) is 23.9. The Balaban J connectivity index is 2.74. The number of hydrogen-bond acceptors (Lipinski definition) is 4. The minimum atomic E-state index is -0.790. The zero-order valence-electron chi connectivity index (χ0n) is 18.5. The Kier molecular flexibility index (Phi) is 7.32. The van der Waals surface area contributed by atoms with Crippen molar-refractivity contribution in [2.24, 2.45) is 5.41 Å². The number of halogens is 1. The molecule has 2 aromatic rings. The van der Waals surface area contributed by atoms with Crippen LogP contribution in [-0.4, -0.2) is 28.7 Å². The number of nitrogens with zero attached hydrogens (tertiary/aromatic N) is 1. The maximum absolute atomic E-state index is 13.2. The summed E-state index contributed by atoms with van der Waals surface area (Å²) in [5.74, 6) is 0.267. The highest BCUT2D eigenvalue weighted by molar-refractivity contribution is 6.31. The van der Waals surface area contributed by atoms with E-state index in [2.05, 4.69) is 6.58 Å². The first-order chi connectivity index (χ1) is 13.9. The van der Waals surface area contributed by atoms with Crippen LogP contribution in [-0.2, 0) is 0 Å². The van der Waals surface area contributed by atoms with Gasteiger partial charge < -0.3 is 14.4 Å². The van der Waals surface area contributed by atoms with Crippen molar-refractivity contribution in [1.29, 1.82) is 0 Å². The van der Waals surface area contributed by atoms with Crippen LogP contribution in [0.3, 0.4) is 0 Å². The molecule has 1 N–H and O–H groups in total. The highest BCUT2D eigenvalue weighted by Gasteiger charge is 2.32. The monoisotopic (exact) mass is 431 g/mol. The molecular formula is C24H30ClNO4. The molecule has 2 unspecified atom stereocenters. The van der Waals surface area contributed by atoms with Crippen molar-refractivity contribution >= 4 is 17.4 Å². The van der Waals surface area contributed by atoms with Gasteiger partial charge in [-0.05, 0) is 49.4 Å². The number of ketones is 1. The van der Waals surface area contributed by atoms with Crippen molar-refractivity contribution in [2.45, 2.75) is 53.2 Å². The third-order valence-electron chi connectivity index (χ3n) is 5.08. The van der Waals surface area contributed by atoms with E-state index >= 15 is 0 Å². The molecule has 0 radical (unpaired) electrons. The van der Waals surface area contributed by atoms with Crippen LogP contribution in [0.15, 0.2) is 47.4 Å². The molecule has 1 heterocycles. The molecular weight excluding hydrogens is 402 g/mol. The molecule has 0 aliphatic rings. The Morgan fingerprint density at radius 1 is 1.23 bits per heavy atom. The van der Waals surface area contributed by atoms with Crippen LogP contribution in [0, 0.1) is 5.41 Å². The molecule has 2 rings (SSSR count). The van der Waals surface area contributed by atoms with Gasteiger partial charge in [-0.1, -0.05) is 37.9 Å². The number of aliphatic hydroxyl groups excluding tert-OH is 1. The lowest BCUT2D eigenvalue weighted by atomic mass is 9.82. The first-order valence-corrected chi connectivity index (χ1v) is 10.2. The fourth-order valence-corrected chi connectivity index (χ4v) is 3.68. The molecule has 1 aromatic heterocycles. The molecule has 0 fully saturated rings. The summed E-state index contributed by atoms with van der Waals surface area (Å²) in [6.07, 6.45) is 1.24. The summed E-state index contributed by atoms with van der Waals surface area (Å²) in [6.45, 7) is 13.0. The maximum Gasteiger partial charge on any atom is 0.251 e. The highest BCUT2D eigenvalue weighted by Crippen LogP contribution is 2.36. The van der Waals surface area contributed by atoms with E-state index < -0.39 is 17.6 Å². The highest BCUT2D eigenvalue weighted by atomic mass is 35.5. The Morgan fingerprint density at radius 2 is 1.87 bits per heavy atom. The summed E-state index contributed by atoms with van der Waals surface area (Å²) in [4.78, 5) is 25.3. The molecule has 0 saturated heterocycles. The third-order valence-corrected chi connectivity index (χ3v) is 5.32. The van der Waals surface area contributed by atoms with Crippen LogP contribution in [0.1, 0.15) is 57.4 Å². The smallest absolute Gasteiger partial charge is 0.251 e. The summed E-state index contributed by atoms with van der Waals surface area (Å²) in [5, 5.41) is 11.4. The number of carbonyl (C=O) groups excluding carboxylic acids is 1. The number of benzene rings is 1. The van der Waals surface area contributed by atoms with Crippen LogP contribution in [0.2, 0.25) is 5.02 Å². The van der Waals surface area contributed by atoms with E-state index in [-0.39, 0.29) is 11.3 Å². The number of methoxy groups -OCH3 is 1. The number of Topliss-reactive ketones (excluding diaryl/α,β-unsaturated/α-hetero) is 1. The number of rotatable bonds is 7. The number of allylic oxidation sites excluding steroid dienone is 1. The van der Waals surface area contributed by atoms with E-state index in [0.29, 0.717) is 33.9 Å². The van der Waals surface area contributed by atoms with Gasteiger partial charge in [0.15, 0.2) is 5.78 Å². The predicted molar refractivity (Wildman–Crippen MR) is 122 cm³/mol. The van der Waals surface area contributed by atoms with Crippen LogP contribution in [0.25, 0.3) is 11.1 Å². The average molecular weight is 432 g/mol. The minimum Gasteiger partial charge on any atom is -0.495 e. The molecule has 6 heteroatoms. The van der Waals surface area contributed by atoms with Gasteiger partial charge >= 0.3 is 0 Å². The van der Waals surface area contributed by atoms with Gasteiger partial charge in [-0.3, -0.25) is 9.59 Å². The Hall–Kier alpha value is -2.37. The standard InChI is InChI=1S/C24H30ClNO4/c1-14(2)10-20(23(29)24(4,5)6)26-13-21(30-7)19(12-22(26)28)18-11-16(25)8-9-17(18)15(3)27/h8-9,11-13,20,23,29H,1,10H2,2-7H3. The van der Waals surface area contributed by atoms with E-state index in [1.165, 1.54) is 24.7 Å². The van der Waals surface area contributed by atoms with Gasteiger partial charge in [0.1, 0.15) is 5.75 Å². The van der Waals surface area contributed by atoms with Crippen molar-refractivity contribution in [2.75, 3.05) is 7.11 Å². The Morgan fingerprint density at radius 3 is 2.37 bits per heavy atom. The molecule has 1 aromatic carbocycles. The van der Waals surface area contributed by atoms with Gasteiger partial charge in [-0.25, -0.2) is 0 Å². The second-order valence-corrected chi connectivity index (χ2v) is 9.22. The van der Waals surface area contributed by atoms with Gasteiger partial charge in [0.05, 0.1) is 25.5 Å². The average Bonchev–Trinajstić information content (AvgIpc) is 2.64. The molecule has 30 heavy (non-hydrogen) atoms. The van der Waals surface area contributed by atoms with E-state index in [1.807, 2.05) is 27.7 Å². The Bertz CT molecular complexity index is 1020. The molecule has 162 valence electrons. The van der Waals surface area contributed by atoms with Gasteiger partial charge in [0.25, 0.3) is 5.56 Å². The molecule has 0 bridgehead atoms. The zero-order valence-corrected chi connectivity index (χ0v) is 19.2. The summed E-state index contributed by atoms with van der Waals surface area (Å²) in [5.41, 5.74) is 1.56. The molecule has 5 nitrogen and oxygen atoms in total. The van der Waals surface area contributed by atoms with Crippen molar-refractivity contribution < 1.29 is 14.6 Å². The largest absolute Gasteiger partial charge is 0.495 e. The quantitative estimate of drug-likeness (QED) is 0.477. The number of aliphatic hydroxyl groups is 1. The second-order valence-electron chi connectivity index (χ2n) is 8.79. The van der Waals surface area contributed by atoms with Crippen molar-refractivity contribution in [3.63, 3.8) is 0 Å². The van der Waals surface area contributed by atoms with E-state index in [1.54, 1.807) is 24.4 Å². The van der Waals surface area contributed by atoms with Crippen LogP contribution < -0.4 is 10.3 Å². The summed E-state index contributed by atoms with van der Waals surface area (Å²) in [6, 6.07) is 5.84. The number of ether oxygens (including phenoxy) is 1. The molecule has 0 spiro atoms. The topological polar surface area (TPSA) is 68.5 Å². The summed E-state index contributed by atoms with van der Waals surface area (Å²) in [7, 11) is 1.50. The van der Waals surface area contributed by atoms with E-state index in [9.17, 15) is 14.7 Å². The van der Waals surface area contributed by atoms with Gasteiger partial charge in [-0.2, -0.15) is 0 Å².